The first kappa shape index (κ1) is 30.1. The molecule has 0 spiro atoms. The lowest BCUT2D eigenvalue weighted by Gasteiger charge is -2.25. The van der Waals surface area contributed by atoms with Crippen LogP contribution in [0.5, 0.6) is 0 Å². The topological polar surface area (TPSA) is 75.6 Å². The Bertz CT molecular complexity index is 3620. The van der Waals surface area contributed by atoms with Gasteiger partial charge in [0.1, 0.15) is 11.2 Å². The SMILES string of the molecule is [2H]C([2H])(c1cc(C([2H])([2H])C([2H])([2H])c2cnc(-c3ccccc3)cc2C)cc(C([2H])([2H])C([2H])([2H])c2cnc(-c3cccc4c3oc3cc(C#N)ccc34)cc2C2CCCCC2)c1)C([2H])([2H])c1cnc(-c2ccccc2)cc1C. The van der Waals surface area contributed by atoms with Gasteiger partial charge in [-0.25, -0.2) is 0 Å². The third kappa shape index (κ3) is 9.26. The molecule has 4 heterocycles. The van der Waals surface area contributed by atoms with Crippen LogP contribution in [-0.4, -0.2) is 15.0 Å². The van der Waals surface area contributed by atoms with Gasteiger partial charge in [0.05, 0.1) is 28.7 Å². The molecule has 0 radical (unpaired) electrons. The highest BCUT2D eigenvalue weighted by molar-refractivity contribution is 6.09. The van der Waals surface area contributed by atoms with Crippen molar-refractivity contribution in [3.8, 4) is 39.8 Å². The molecule has 0 aliphatic heterocycles. The Morgan fingerprint density at radius 3 is 1.68 bits per heavy atom. The van der Waals surface area contributed by atoms with Crippen molar-refractivity contribution in [2.75, 3.05) is 0 Å². The van der Waals surface area contributed by atoms with E-state index in [1.165, 1.54) is 18.6 Å². The summed E-state index contributed by atoms with van der Waals surface area (Å²) in [4.78, 5) is 13.8. The Morgan fingerprint density at radius 1 is 0.554 bits per heavy atom. The fourth-order valence-corrected chi connectivity index (χ4v) is 8.71. The van der Waals surface area contributed by atoms with Crippen molar-refractivity contribution < 1.29 is 20.9 Å². The lowest BCUT2D eigenvalue weighted by Crippen LogP contribution is -2.09. The number of hydrogen-bond acceptors (Lipinski definition) is 5. The molecule has 10 rings (SSSR count). The smallest absolute Gasteiger partial charge is 0.144 e. The number of fused-ring (bicyclic) bond motifs is 3. The number of nitrogens with zero attached hydrogens (tertiary/aromatic N) is 4. The largest absolute Gasteiger partial charge is 0.455 e. The zero-order valence-corrected chi connectivity index (χ0v) is 36.2. The van der Waals surface area contributed by atoms with Crippen LogP contribution in [0, 0.1) is 25.2 Å². The number of benzene rings is 5. The van der Waals surface area contributed by atoms with Crippen molar-refractivity contribution in [1.82, 2.24) is 15.0 Å². The predicted octanol–water partition coefficient (Wildman–Crippen LogP) is 14.7. The molecule has 65 heavy (non-hydrogen) atoms. The van der Waals surface area contributed by atoms with Gasteiger partial charge in [-0.15, -0.1) is 0 Å². The van der Waals surface area contributed by atoms with Gasteiger partial charge < -0.3 is 4.42 Å². The van der Waals surface area contributed by atoms with Crippen molar-refractivity contribution in [3.63, 3.8) is 0 Å². The molecule has 1 saturated carbocycles. The number of nitriles is 1. The minimum Gasteiger partial charge on any atom is -0.455 e. The van der Waals surface area contributed by atoms with Gasteiger partial charge in [0.15, 0.2) is 0 Å². The first-order chi connectivity index (χ1) is 36.5. The van der Waals surface area contributed by atoms with E-state index in [-0.39, 0.29) is 22.6 Å². The van der Waals surface area contributed by atoms with Gasteiger partial charge >= 0.3 is 0 Å². The summed E-state index contributed by atoms with van der Waals surface area (Å²) in [5.74, 6) is -0.209. The normalized spacial score (nSPS) is 17.1. The first-order valence-corrected chi connectivity index (χ1v) is 22.1. The molecule has 0 atom stereocenters. The second-order valence-corrected chi connectivity index (χ2v) is 16.6. The highest BCUT2D eigenvalue weighted by Crippen LogP contribution is 2.40. The minimum absolute atomic E-state index is 0.0716. The van der Waals surface area contributed by atoms with Crippen LogP contribution in [0.4, 0.5) is 0 Å². The molecule has 4 aromatic heterocycles. The molecule has 0 bridgehead atoms. The predicted molar refractivity (Wildman–Crippen MR) is 265 cm³/mol. The average molecular weight is 859 g/mol. The number of aryl methyl sites for hydroxylation is 8. The van der Waals surface area contributed by atoms with Crippen molar-refractivity contribution in [1.29, 1.82) is 5.26 Å². The summed E-state index contributed by atoms with van der Waals surface area (Å²) in [5.41, 5.74) is 4.36. The molecule has 320 valence electrons. The van der Waals surface area contributed by atoms with Crippen LogP contribution in [0.15, 0.2) is 156 Å². The Morgan fingerprint density at radius 2 is 1.11 bits per heavy atom. The quantitative estimate of drug-likeness (QED) is 0.115. The molecule has 1 aliphatic rings. The van der Waals surface area contributed by atoms with Crippen LogP contribution >= 0.6 is 0 Å². The second kappa shape index (κ2) is 18.9. The fourth-order valence-electron chi connectivity index (χ4n) is 8.71. The van der Waals surface area contributed by atoms with E-state index in [0.717, 1.165) is 59.4 Å². The van der Waals surface area contributed by atoms with Crippen LogP contribution in [0.1, 0.15) is 110 Å². The van der Waals surface area contributed by atoms with Crippen LogP contribution in [0.3, 0.4) is 0 Å². The summed E-state index contributed by atoms with van der Waals surface area (Å²) in [7, 11) is 0. The summed E-state index contributed by atoms with van der Waals surface area (Å²) in [6, 6.07) is 39.6. The molecule has 9 aromatic rings. The van der Waals surface area contributed by atoms with Crippen LogP contribution in [0.25, 0.3) is 55.7 Å². The van der Waals surface area contributed by atoms with Crippen molar-refractivity contribution in [2.45, 2.75) is 90.1 Å². The van der Waals surface area contributed by atoms with E-state index in [1.807, 2.05) is 84.9 Å². The number of furan rings is 1. The maximum Gasteiger partial charge on any atom is 0.144 e. The van der Waals surface area contributed by atoms with E-state index < -0.39 is 54.9 Å². The highest BCUT2D eigenvalue weighted by Gasteiger charge is 2.22. The molecule has 0 unspecified atom stereocenters. The third-order valence-corrected chi connectivity index (χ3v) is 12.2. The van der Waals surface area contributed by atoms with Crippen molar-refractivity contribution >= 4 is 21.9 Å². The maximum absolute atomic E-state index is 9.95. The summed E-state index contributed by atoms with van der Waals surface area (Å²) in [6.07, 6.45) is -10.2. The van der Waals surface area contributed by atoms with E-state index in [9.17, 15) is 21.7 Å². The van der Waals surface area contributed by atoms with Crippen LogP contribution in [0.2, 0.25) is 0 Å². The molecule has 5 aromatic carbocycles. The van der Waals surface area contributed by atoms with Gasteiger partial charge in [-0.05, 0) is 163 Å². The van der Waals surface area contributed by atoms with Gasteiger partial charge in [-0.1, -0.05) is 110 Å². The highest BCUT2D eigenvalue weighted by atomic mass is 16.3. The molecule has 1 aliphatic carbocycles. The summed E-state index contributed by atoms with van der Waals surface area (Å²) >= 11 is 0. The molecular weight excluding hydrogens is 793 g/mol. The monoisotopic (exact) mass is 859 g/mol. The lowest BCUT2D eigenvalue weighted by molar-refractivity contribution is 0.441. The number of rotatable bonds is 13. The average Bonchev–Trinajstić information content (AvgIpc) is 3.83. The van der Waals surface area contributed by atoms with Gasteiger partial charge in [-0.3, -0.25) is 15.0 Å². The zero-order chi connectivity index (χ0) is 54.9. The minimum atomic E-state index is -3.13. The van der Waals surface area contributed by atoms with E-state index in [4.69, 9.17) is 9.40 Å². The molecule has 0 saturated heterocycles. The Hall–Kier alpha value is -7.16. The zero-order valence-electron chi connectivity index (χ0n) is 48.2. The number of para-hydroxylation sites is 1. The maximum atomic E-state index is 9.95. The second-order valence-electron chi connectivity index (χ2n) is 16.6. The first-order valence-electron chi connectivity index (χ1n) is 28.1. The van der Waals surface area contributed by atoms with Crippen LogP contribution in [-0.2, 0) is 38.2 Å². The summed E-state index contributed by atoms with van der Waals surface area (Å²) < 4.78 is 123. The van der Waals surface area contributed by atoms with E-state index in [1.54, 1.807) is 44.2 Å². The van der Waals surface area contributed by atoms with E-state index in [0.29, 0.717) is 68.9 Å². The number of aromatic nitrogens is 3. The van der Waals surface area contributed by atoms with Gasteiger partial charge in [0.2, 0.25) is 0 Å². The standard InChI is InChI=1S/C60H54N4O/c1-40-29-56(47-15-8-4-9-16-47)62-37-49(40)25-21-42-31-43(22-26-50-38-63-57(30-41(50)2)48-17-10-5-11-18-48)33-44(32-42)23-27-51-39-64-58(35-55(51)46-13-6-3-7-14-46)54-20-12-19-53-52-28-24-45(36-61)34-59(52)65-60(53)54/h4-5,8-12,15-20,24,28-35,37-39,46H,3,6-7,13-14,21-23,25-27H2,1-2H3/i21D2,22D2,23D2,25D2,26D2,27D2. The third-order valence-electron chi connectivity index (χ3n) is 12.2. The Balaban J connectivity index is 1.12. The number of pyridine rings is 3. The Kier molecular flexibility index (Phi) is 8.74. The van der Waals surface area contributed by atoms with Gasteiger partial charge in [0.25, 0.3) is 0 Å². The van der Waals surface area contributed by atoms with E-state index >= 15 is 0 Å². The fraction of sp³-hybridized carbons (Fsp3) is 0.233. The molecule has 5 heteroatoms. The van der Waals surface area contributed by atoms with Crippen molar-refractivity contribution in [3.05, 3.63) is 208 Å². The number of hydrogen-bond donors (Lipinski definition) is 0. The molecule has 0 amide bonds. The Labute approximate surface area is 399 Å². The van der Waals surface area contributed by atoms with Crippen molar-refractivity contribution in [2.24, 2.45) is 0 Å². The molecular formula is C60H54N4O. The summed E-state index contributed by atoms with van der Waals surface area (Å²) in [5, 5.41) is 11.2. The van der Waals surface area contributed by atoms with Gasteiger partial charge in [-0.2, -0.15) is 5.26 Å². The summed E-state index contributed by atoms with van der Waals surface area (Å²) in [6.45, 7) is 3.26. The van der Waals surface area contributed by atoms with E-state index in [2.05, 4.69) is 16.0 Å². The lowest BCUT2D eigenvalue weighted by atomic mass is 9.81. The molecule has 5 nitrogen and oxygen atoms in total. The van der Waals surface area contributed by atoms with Gasteiger partial charge in [0, 0.05) is 62.5 Å². The molecule has 1 fully saturated rings. The molecule has 0 N–H and O–H groups in total. The van der Waals surface area contributed by atoms with Crippen LogP contribution < -0.4 is 0 Å².